The second-order valence-corrected chi connectivity index (χ2v) is 8.48. The number of anilines is 1. The molecule has 4 heterocycles. The van der Waals surface area contributed by atoms with Gasteiger partial charge in [0.25, 0.3) is 11.9 Å². The predicted molar refractivity (Wildman–Crippen MR) is 116 cm³/mol. The number of H-pyrrole nitrogens is 1. The zero-order valence-electron chi connectivity index (χ0n) is 18.0. The molecule has 1 saturated heterocycles. The minimum atomic E-state index is -0.0813. The Balaban J connectivity index is 1.32. The molecule has 2 aliphatic rings. The maximum absolute atomic E-state index is 13.1. The SMILES string of the molecule is CCN(CC)c1cc(C2CCN(C(=O)c3nc(-n4cccc4)n[nH]3)CC23CC3)ncn1. The van der Waals surface area contributed by atoms with Crippen LogP contribution in [0.2, 0.25) is 0 Å². The highest BCUT2D eigenvalue weighted by Gasteiger charge is 2.54. The summed E-state index contributed by atoms with van der Waals surface area (Å²) in [6.45, 7) is 7.56. The van der Waals surface area contributed by atoms with Crippen LogP contribution in [0.25, 0.3) is 5.95 Å². The van der Waals surface area contributed by atoms with E-state index in [4.69, 9.17) is 0 Å². The molecule has 0 bridgehead atoms. The van der Waals surface area contributed by atoms with Crippen molar-refractivity contribution < 1.29 is 4.79 Å². The maximum atomic E-state index is 13.1. The van der Waals surface area contributed by atoms with Crippen molar-refractivity contribution in [3.05, 3.63) is 48.4 Å². The van der Waals surface area contributed by atoms with E-state index in [1.165, 1.54) is 0 Å². The van der Waals surface area contributed by atoms with Crippen LogP contribution >= 0.6 is 0 Å². The van der Waals surface area contributed by atoms with E-state index in [9.17, 15) is 4.79 Å². The third-order valence-electron chi connectivity index (χ3n) is 6.74. The zero-order chi connectivity index (χ0) is 21.4. The molecule has 0 radical (unpaired) electrons. The highest BCUT2D eigenvalue weighted by molar-refractivity contribution is 5.90. The normalized spacial score (nSPS) is 19.5. The van der Waals surface area contributed by atoms with Crippen molar-refractivity contribution in [2.45, 2.75) is 39.0 Å². The first-order valence-electron chi connectivity index (χ1n) is 11.1. The number of piperidine rings is 1. The average molecular weight is 421 g/mol. The number of nitrogens with one attached hydrogen (secondary N) is 1. The van der Waals surface area contributed by atoms with Crippen LogP contribution in [0, 0.1) is 5.41 Å². The molecule has 1 saturated carbocycles. The number of amides is 1. The quantitative estimate of drug-likeness (QED) is 0.659. The first kappa shape index (κ1) is 19.7. The number of rotatable bonds is 6. The third kappa shape index (κ3) is 3.58. The highest BCUT2D eigenvalue weighted by Crippen LogP contribution is 2.59. The van der Waals surface area contributed by atoms with Gasteiger partial charge in [0.1, 0.15) is 12.1 Å². The molecule has 1 amide bonds. The van der Waals surface area contributed by atoms with E-state index >= 15 is 0 Å². The van der Waals surface area contributed by atoms with Crippen molar-refractivity contribution in [1.82, 2.24) is 34.6 Å². The van der Waals surface area contributed by atoms with Crippen LogP contribution in [0.3, 0.4) is 0 Å². The Morgan fingerprint density at radius 2 is 2.00 bits per heavy atom. The standard InChI is InChI=1S/C22H28N8O/c1-3-28(4-2)18-13-17(23-15-24-18)16-7-12-30(14-22(16)8-9-22)20(31)19-25-21(27-26-19)29-10-5-6-11-29/h5-6,10-11,13,15-16H,3-4,7-9,12,14H2,1-2H3,(H,25,26,27). The van der Waals surface area contributed by atoms with Gasteiger partial charge in [-0.15, -0.1) is 5.10 Å². The van der Waals surface area contributed by atoms with Crippen molar-refractivity contribution in [2.24, 2.45) is 5.41 Å². The fourth-order valence-corrected chi connectivity index (χ4v) is 4.82. The fourth-order valence-electron chi connectivity index (χ4n) is 4.82. The van der Waals surface area contributed by atoms with Crippen LogP contribution in [0.4, 0.5) is 5.82 Å². The van der Waals surface area contributed by atoms with Crippen LogP contribution < -0.4 is 4.90 Å². The summed E-state index contributed by atoms with van der Waals surface area (Å²) < 4.78 is 1.78. The largest absolute Gasteiger partial charge is 0.357 e. The number of nitrogens with zero attached hydrogens (tertiary/aromatic N) is 7. The summed E-state index contributed by atoms with van der Waals surface area (Å²) in [7, 11) is 0. The van der Waals surface area contributed by atoms with Gasteiger partial charge in [0, 0.05) is 56.3 Å². The van der Waals surface area contributed by atoms with Crippen LogP contribution in [-0.2, 0) is 0 Å². The van der Waals surface area contributed by atoms with E-state index in [0.717, 1.165) is 50.4 Å². The van der Waals surface area contributed by atoms with Gasteiger partial charge in [-0.2, -0.15) is 4.98 Å². The fraction of sp³-hybridized carbons (Fsp3) is 0.500. The number of likely N-dealkylation sites (tertiary alicyclic amines) is 1. The molecule has 162 valence electrons. The monoisotopic (exact) mass is 420 g/mol. The Kier molecular flexibility index (Phi) is 4.95. The Hall–Kier alpha value is -3.23. The summed E-state index contributed by atoms with van der Waals surface area (Å²) >= 11 is 0. The molecule has 2 fully saturated rings. The predicted octanol–water partition coefficient (Wildman–Crippen LogP) is 2.64. The number of hydrogen-bond donors (Lipinski definition) is 1. The molecule has 9 heteroatoms. The third-order valence-corrected chi connectivity index (χ3v) is 6.74. The van der Waals surface area contributed by atoms with E-state index in [0.29, 0.717) is 24.2 Å². The lowest BCUT2D eigenvalue weighted by molar-refractivity contribution is 0.0608. The average Bonchev–Trinajstić information content (AvgIpc) is 3.21. The Labute approximate surface area is 181 Å². The van der Waals surface area contributed by atoms with Crippen LogP contribution in [0.5, 0.6) is 0 Å². The van der Waals surface area contributed by atoms with Gasteiger partial charge in [0.05, 0.1) is 0 Å². The number of aromatic nitrogens is 6. The summed E-state index contributed by atoms with van der Waals surface area (Å²) in [5.74, 6) is 2.04. The Morgan fingerprint density at radius 1 is 1.23 bits per heavy atom. The van der Waals surface area contributed by atoms with E-state index in [1.807, 2.05) is 29.4 Å². The van der Waals surface area contributed by atoms with Crippen molar-refractivity contribution in [1.29, 1.82) is 0 Å². The van der Waals surface area contributed by atoms with Crippen molar-refractivity contribution in [3.63, 3.8) is 0 Å². The molecule has 3 aromatic rings. The van der Waals surface area contributed by atoms with Gasteiger partial charge in [-0.05, 0) is 50.7 Å². The number of aromatic amines is 1. The molecular formula is C22H28N8O. The molecule has 1 atom stereocenters. The molecule has 31 heavy (non-hydrogen) atoms. The molecule has 0 aromatic carbocycles. The van der Waals surface area contributed by atoms with Crippen LogP contribution in [0.15, 0.2) is 36.9 Å². The van der Waals surface area contributed by atoms with Gasteiger partial charge in [-0.25, -0.2) is 9.97 Å². The number of carbonyl (C=O) groups is 1. The lowest BCUT2D eigenvalue weighted by Crippen LogP contribution is -2.44. The molecule has 1 aliphatic heterocycles. The maximum Gasteiger partial charge on any atom is 0.291 e. The van der Waals surface area contributed by atoms with Gasteiger partial charge < -0.3 is 9.80 Å². The minimum absolute atomic E-state index is 0.0813. The van der Waals surface area contributed by atoms with Crippen LogP contribution in [0.1, 0.15) is 55.3 Å². The van der Waals surface area contributed by atoms with E-state index in [1.54, 1.807) is 10.9 Å². The molecular weight excluding hydrogens is 392 g/mol. The van der Waals surface area contributed by atoms with Gasteiger partial charge >= 0.3 is 0 Å². The summed E-state index contributed by atoms with van der Waals surface area (Å²) in [4.78, 5) is 30.8. The zero-order valence-corrected chi connectivity index (χ0v) is 18.0. The lowest BCUT2D eigenvalue weighted by atomic mass is 9.80. The summed E-state index contributed by atoms with van der Waals surface area (Å²) in [5, 5.41) is 7.00. The Morgan fingerprint density at radius 3 is 2.71 bits per heavy atom. The highest BCUT2D eigenvalue weighted by atomic mass is 16.2. The van der Waals surface area contributed by atoms with E-state index in [2.05, 4.69) is 50.0 Å². The van der Waals surface area contributed by atoms with Crippen molar-refractivity contribution in [3.8, 4) is 5.95 Å². The van der Waals surface area contributed by atoms with E-state index in [-0.39, 0.29) is 11.3 Å². The van der Waals surface area contributed by atoms with Crippen LogP contribution in [-0.4, -0.2) is 66.7 Å². The molecule has 1 aliphatic carbocycles. The van der Waals surface area contributed by atoms with Gasteiger partial charge in [-0.1, -0.05) is 0 Å². The molecule has 5 rings (SSSR count). The summed E-state index contributed by atoms with van der Waals surface area (Å²) in [6, 6.07) is 5.95. The topological polar surface area (TPSA) is 95.8 Å². The summed E-state index contributed by atoms with van der Waals surface area (Å²) in [6.07, 6.45) is 8.55. The van der Waals surface area contributed by atoms with Crippen molar-refractivity contribution >= 4 is 11.7 Å². The first-order valence-corrected chi connectivity index (χ1v) is 11.1. The first-order chi connectivity index (χ1) is 15.1. The van der Waals surface area contributed by atoms with Gasteiger partial charge in [0.15, 0.2) is 0 Å². The summed E-state index contributed by atoms with van der Waals surface area (Å²) in [5.41, 5.74) is 1.22. The van der Waals surface area contributed by atoms with Gasteiger partial charge in [0.2, 0.25) is 5.82 Å². The van der Waals surface area contributed by atoms with Crippen molar-refractivity contribution in [2.75, 3.05) is 31.1 Å². The minimum Gasteiger partial charge on any atom is -0.357 e. The molecule has 3 aromatic heterocycles. The van der Waals surface area contributed by atoms with E-state index < -0.39 is 0 Å². The second-order valence-electron chi connectivity index (χ2n) is 8.48. The van der Waals surface area contributed by atoms with Gasteiger partial charge in [-0.3, -0.25) is 14.5 Å². The molecule has 1 unspecified atom stereocenters. The molecule has 9 nitrogen and oxygen atoms in total. The molecule has 1 N–H and O–H groups in total. The lowest BCUT2D eigenvalue weighted by Gasteiger charge is -2.38. The second kappa shape index (κ2) is 7.79. The number of hydrogen-bond acceptors (Lipinski definition) is 6. The number of carbonyl (C=O) groups excluding carboxylic acids is 1. The smallest absolute Gasteiger partial charge is 0.291 e. The molecule has 1 spiro atoms. The Bertz CT molecular complexity index is 1050.